The van der Waals surface area contributed by atoms with Crippen LogP contribution >= 0.6 is 33.2 Å². The molecule has 0 radical (unpaired) electrons. The Kier molecular flexibility index (Phi) is 6.98. The molecule has 0 fully saturated rings. The molecule has 0 rings (SSSR count). The standard InChI is InChI=1S/C9H19ClS2/c1-5-8(6-7-10)11-12-9(2,3)4/h8H,5-7H2,1-4H3. The molecular weight excluding hydrogens is 208 g/mol. The van der Waals surface area contributed by atoms with Gasteiger partial charge in [-0.2, -0.15) is 0 Å². The Morgan fingerprint density at radius 3 is 2.25 bits per heavy atom. The molecule has 1 atom stereocenters. The highest BCUT2D eigenvalue weighted by Crippen LogP contribution is 2.39. The van der Waals surface area contributed by atoms with Gasteiger partial charge < -0.3 is 0 Å². The lowest BCUT2D eigenvalue weighted by molar-refractivity contribution is 0.796. The quantitative estimate of drug-likeness (QED) is 0.498. The van der Waals surface area contributed by atoms with Crippen LogP contribution in [0.5, 0.6) is 0 Å². The molecule has 0 aliphatic heterocycles. The van der Waals surface area contributed by atoms with Crippen LogP contribution in [0.25, 0.3) is 0 Å². The maximum atomic E-state index is 5.70. The third kappa shape index (κ3) is 7.63. The monoisotopic (exact) mass is 226 g/mol. The van der Waals surface area contributed by atoms with E-state index < -0.39 is 0 Å². The second kappa shape index (κ2) is 6.44. The smallest absolute Gasteiger partial charge is 0.0234 e. The van der Waals surface area contributed by atoms with Crippen LogP contribution < -0.4 is 0 Å². The normalized spacial score (nSPS) is 14.8. The van der Waals surface area contributed by atoms with E-state index in [2.05, 4.69) is 27.7 Å². The number of alkyl halides is 1. The number of hydrogen-bond acceptors (Lipinski definition) is 2. The van der Waals surface area contributed by atoms with Gasteiger partial charge in [-0.05, 0) is 12.8 Å². The van der Waals surface area contributed by atoms with Crippen molar-refractivity contribution in [1.82, 2.24) is 0 Å². The van der Waals surface area contributed by atoms with Crippen molar-refractivity contribution in [3.8, 4) is 0 Å². The summed E-state index contributed by atoms with van der Waals surface area (Å²) in [5.74, 6) is 0.788. The van der Waals surface area contributed by atoms with E-state index in [4.69, 9.17) is 11.6 Å². The van der Waals surface area contributed by atoms with Gasteiger partial charge in [0.2, 0.25) is 0 Å². The minimum atomic E-state index is 0.365. The molecule has 0 nitrogen and oxygen atoms in total. The summed E-state index contributed by atoms with van der Waals surface area (Å²) in [5.41, 5.74) is 0. The summed E-state index contributed by atoms with van der Waals surface area (Å²) in [7, 11) is 3.95. The molecule has 0 heterocycles. The van der Waals surface area contributed by atoms with Crippen molar-refractivity contribution >= 4 is 33.2 Å². The molecule has 0 N–H and O–H groups in total. The second-order valence-electron chi connectivity index (χ2n) is 3.80. The summed E-state index contributed by atoms with van der Waals surface area (Å²) in [5, 5.41) is 0.728. The summed E-state index contributed by atoms with van der Waals surface area (Å²) < 4.78 is 0.365. The van der Waals surface area contributed by atoms with Gasteiger partial charge in [-0.25, -0.2) is 0 Å². The van der Waals surface area contributed by atoms with Gasteiger partial charge in [-0.1, -0.05) is 49.3 Å². The average molecular weight is 227 g/mol. The molecule has 0 saturated heterocycles. The highest BCUT2D eigenvalue weighted by atomic mass is 35.5. The Morgan fingerprint density at radius 1 is 1.33 bits per heavy atom. The fourth-order valence-electron chi connectivity index (χ4n) is 0.654. The van der Waals surface area contributed by atoms with Crippen LogP contribution in [-0.2, 0) is 0 Å². The van der Waals surface area contributed by atoms with E-state index in [9.17, 15) is 0 Å². The van der Waals surface area contributed by atoms with E-state index in [1.165, 1.54) is 6.42 Å². The van der Waals surface area contributed by atoms with Gasteiger partial charge in [0.1, 0.15) is 0 Å². The lowest BCUT2D eigenvalue weighted by atomic mass is 10.3. The number of hydrogen-bond donors (Lipinski definition) is 0. The first-order valence-electron chi connectivity index (χ1n) is 4.40. The van der Waals surface area contributed by atoms with Crippen LogP contribution in [0, 0.1) is 0 Å². The van der Waals surface area contributed by atoms with Crippen molar-refractivity contribution in [2.45, 2.75) is 50.5 Å². The fraction of sp³-hybridized carbons (Fsp3) is 1.00. The summed E-state index contributed by atoms with van der Waals surface area (Å²) in [6.45, 7) is 8.97. The zero-order valence-electron chi connectivity index (χ0n) is 8.39. The van der Waals surface area contributed by atoms with E-state index in [0.29, 0.717) is 4.75 Å². The van der Waals surface area contributed by atoms with E-state index in [-0.39, 0.29) is 0 Å². The minimum Gasteiger partial charge on any atom is -0.127 e. The van der Waals surface area contributed by atoms with Crippen LogP contribution in [0.4, 0.5) is 0 Å². The molecule has 0 aromatic heterocycles. The SMILES string of the molecule is CCC(CCCl)SSC(C)(C)C. The van der Waals surface area contributed by atoms with Crippen LogP contribution in [-0.4, -0.2) is 15.9 Å². The molecule has 74 valence electrons. The van der Waals surface area contributed by atoms with E-state index in [1.807, 2.05) is 21.6 Å². The molecule has 0 aromatic carbocycles. The minimum absolute atomic E-state index is 0.365. The maximum Gasteiger partial charge on any atom is 0.0234 e. The Labute approximate surface area is 89.6 Å². The Balaban J connectivity index is 3.58. The summed E-state index contributed by atoms with van der Waals surface area (Å²) in [4.78, 5) is 0. The highest BCUT2D eigenvalue weighted by Gasteiger charge is 2.14. The third-order valence-electron chi connectivity index (χ3n) is 1.32. The van der Waals surface area contributed by atoms with Crippen LogP contribution in [0.1, 0.15) is 40.5 Å². The summed E-state index contributed by atoms with van der Waals surface area (Å²) in [6.07, 6.45) is 2.35. The van der Waals surface area contributed by atoms with Crippen molar-refractivity contribution in [3.05, 3.63) is 0 Å². The van der Waals surface area contributed by atoms with Crippen LogP contribution in [0.3, 0.4) is 0 Å². The van der Waals surface area contributed by atoms with Gasteiger partial charge >= 0.3 is 0 Å². The lowest BCUT2D eigenvalue weighted by Crippen LogP contribution is -2.08. The molecule has 0 aromatic rings. The Morgan fingerprint density at radius 2 is 1.92 bits per heavy atom. The first kappa shape index (κ1) is 13.0. The molecular formula is C9H19ClS2. The summed E-state index contributed by atoms with van der Waals surface area (Å²) in [6, 6.07) is 0. The first-order valence-corrected chi connectivity index (χ1v) is 7.14. The van der Waals surface area contributed by atoms with Gasteiger partial charge in [-0.15, -0.1) is 11.6 Å². The molecule has 0 bridgehead atoms. The van der Waals surface area contributed by atoms with Gasteiger partial charge in [0.25, 0.3) is 0 Å². The van der Waals surface area contributed by atoms with Crippen LogP contribution in [0.15, 0.2) is 0 Å². The topological polar surface area (TPSA) is 0 Å². The van der Waals surface area contributed by atoms with Crippen molar-refractivity contribution in [3.63, 3.8) is 0 Å². The molecule has 1 unspecified atom stereocenters. The van der Waals surface area contributed by atoms with Crippen molar-refractivity contribution in [1.29, 1.82) is 0 Å². The molecule has 3 heteroatoms. The zero-order valence-corrected chi connectivity index (χ0v) is 10.8. The Hall–Kier alpha value is 0.990. The van der Waals surface area contributed by atoms with Gasteiger partial charge in [0.15, 0.2) is 0 Å². The zero-order chi connectivity index (χ0) is 9.61. The molecule has 0 amide bonds. The van der Waals surface area contributed by atoms with Gasteiger partial charge in [0, 0.05) is 15.9 Å². The molecule has 12 heavy (non-hydrogen) atoms. The number of halogens is 1. The second-order valence-corrected chi connectivity index (χ2v) is 7.51. The Bertz CT molecular complexity index is 110. The first-order chi connectivity index (χ1) is 5.49. The molecule has 0 aliphatic carbocycles. The lowest BCUT2D eigenvalue weighted by Gasteiger charge is -2.20. The predicted octanol–water partition coefficient (Wildman–Crippen LogP) is 4.57. The van der Waals surface area contributed by atoms with E-state index in [1.54, 1.807) is 0 Å². The summed E-state index contributed by atoms with van der Waals surface area (Å²) >= 11 is 5.70. The fourth-order valence-corrected chi connectivity index (χ4v) is 3.79. The highest BCUT2D eigenvalue weighted by molar-refractivity contribution is 8.77. The molecule has 0 saturated carbocycles. The molecule has 0 aliphatic rings. The van der Waals surface area contributed by atoms with E-state index in [0.717, 1.165) is 17.6 Å². The number of rotatable bonds is 5. The van der Waals surface area contributed by atoms with Crippen molar-refractivity contribution in [2.75, 3.05) is 5.88 Å². The third-order valence-corrected chi connectivity index (χ3v) is 5.58. The maximum absolute atomic E-state index is 5.70. The van der Waals surface area contributed by atoms with Gasteiger partial charge in [-0.3, -0.25) is 0 Å². The largest absolute Gasteiger partial charge is 0.127 e. The van der Waals surface area contributed by atoms with Crippen molar-refractivity contribution < 1.29 is 0 Å². The average Bonchev–Trinajstić information content (AvgIpc) is 1.96. The predicted molar refractivity (Wildman–Crippen MR) is 64.4 cm³/mol. The van der Waals surface area contributed by atoms with Crippen LogP contribution in [0.2, 0.25) is 0 Å². The van der Waals surface area contributed by atoms with E-state index >= 15 is 0 Å². The van der Waals surface area contributed by atoms with Gasteiger partial charge in [0.05, 0.1) is 0 Å². The molecule has 0 spiro atoms. The van der Waals surface area contributed by atoms with Crippen molar-refractivity contribution in [2.24, 2.45) is 0 Å².